The molecule has 2 aromatic rings. The number of halogens is 1. The van der Waals surface area contributed by atoms with Crippen LogP contribution in [0.5, 0.6) is 0 Å². The quantitative estimate of drug-likeness (QED) is 0.887. The Morgan fingerprint density at radius 2 is 1.82 bits per heavy atom. The maximum Gasteiger partial charge on any atom is 0.225 e. The van der Waals surface area contributed by atoms with Crippen LogP contribution in [0.15, 0.2) is 48.5 Å². The van der Waals surface area contributed by atoms with E-state index in [0.717, 1.165) is 11.1 Å². The highest BCUT2D eigenvalue weighted by molar-refractivity contribution is 7.84. The number of hydrogen-bond acceptors (Lipinski definition) is 2. The molecule has 0 aliphatic heterocycles. The third kappa shape index (κ3) is 5.07. The van der Waals surface area contributed by atoms with Crippen LogP contribution in [0, 0.1) is 12.7 Å². The molecule has 1 atom stereocenters. The summed E-state index contributed by atoms with van der Waals surface area (Å²) in [4.78, 5) is 11.8. The highest BCUT2D eigenvalue weighted by atomic mass is 32.2. The molecular weight excluding hydrogens is 301 g/mol. The minimum absolute atomic E-state index is 0.176. The van der Waals surface area contributed by atoms with Gasteiger partial charge in [0.15, 0.2) is 0 Å². The molecule has 0 saturated heterocycles. The van der Waals surface area contributed by atoms with Gasteiger partial charge in [-0.25, -0.2) is 4.39 Å². The number of aryl methyl sites for hydroxylation is 1. The van der Waals surface area contributed by atoms with Crippen LogP contribution in [-0.4, -0.2) is 15.9 Å². The van der Waals surface area contributed by atoms with E-state index in [2.05, 4.69) is 5.32 Å². The SMILES string of the molecule is Cc1ccccc1CS(=O)CCC(=O)Nc1ccc(F)cc1. The first kappa shape index (κ1) is 16.4. The summed E-state index contributed by atoms with van der Waals surface area (Å²) in [5.74, 6) is 0.194. The van der Waals surface area contributed by atoms with Crippen LogP contribution in [-0.2, 0) is 21.3 Å². The summed E-state index contributed by atoms with van der Waals surface area (Å²) in [6.45, 7) is 1.98. The number of carbonyl (C=O) groups excluding carboxylic acids is 1. The summed E-state index contributed by atoms with van der Waals surface area (Å²) >= 11 is 0. The van der Waals surface area contributed by atoms with E-state index in [1.54, 1.807) is 0 Å². The number of rotatable bonds is 6. The molecule has 0 heterocycles. The predicted molar refractivity (Wildman–Crippen MR) is 87.5 cm³/mol. The van der Waals surface area contributed by atoms with Crippen molar-refractivity contribution >= 4 is 22.4 Å². The summed E-state index contributed by atoms with van der Waals surface area (Å²) in [6, 6.07) is 13.4. The molecule has 3 nitrogen and oxygen atoms in total. The number of carbonyl (C=O) groups is 1. The van der Waals surface area contributed by atoms with Gasteiger partial charge in [-0.1, -0.05) is 24.3 Å². The molecule has 5 heteroatoms. The number of hydrogen-bond donors (Lipinski definition) is 1. The van der Waals surface area contributed by atoms with Gasteiger partial charge in [-0.3, -0.25) is 9.00 Å². The van der Waals surface area contributed by atoms with Crippen LogP contribution in [0.25, 0.3) is 0 Å². The molecule has 0 fully saturated rings. The van der Waals surface area contributed by atoms with Crippen molar-refractivity contribution in [3.63, 3.8) is 0 Å². The van der Waals surface area contributed by atoms with Crippen LogP contribution in [0.3, 0.4) is 0 Å². The lowest BCUT2D eigenvalue weighted by atomic mass is 10.1. The number of benzene rings is 2. The van der Waals surface area contributed by atoms with Gasteiger partial charge in [0.05, 0.1) is 0 Å². The third-order valence-electron chi connectivity index (χ3n) is 3.26. The molecule has 0 aromatic heterocycles. The summed E-state index contributed by atoms with van der Waals surface area (Å²) in [7, 11) is -1.08. The molecule has 1 N–H and O–H groups in total. The average molecular weight is 319 g/mol. The van der Waals surface area contributed by atoms with Crippen LogP contribution in [0.1, 0.15) is 17.5 Å². The van der Waals surface area contributed by atoms with Gasteiger partial charge in [-0.05, 0) is 42.3 Å². The minimum atomic E-state index is -1.08. The van der Waals surface area contributed by atoms with Gasteiger partial charge in [-0.15, -0.1) is 0 Å². The standard InChI is InChI=1S/C17H18FNO2S/c1-13-4-2-3-5-14(13)12-22(21)11-10-17(20)19-16-8-6-15(18)7-9-16/h2-9H,10-12H2,1H3,(H,19,20). The molecule has 1 amide bonds. The van der Waals surface area contributed by atoms with Crippen molar-refractivity contribution in [2.24, 2.45) is 0 Å². The fourth-order valence-corrected chi connectivity index (χ4v) is 3.21. The van der Waals surface area contributed by atoms with Crippen molar-refractivity contribution in [1.29, 1.82) is 0 Å². The van der Waals surface area contributed by atoms with Crippen LogP contribution >= 0.6 is 0 Å². The summed E-state index contributed by atoms with van der Waals surface area (Å²) < 4.78 is 24.8. The average Bonchev–Trinajstić information content (AvgIpc) is 2.50. The van der Waals surface area contributed by atoms with E-state index >= 15 is 0 Å². The molecule has 0 bridgehead atoms. The van der Waals surface area contributed by atoms with Gasteiger partial charge in [0, 0.05) is 34.4 Å². The first-order chi connectivity index (χ1) is 10.5. The van der Waals surface area contributed by atoms with Gasteiger partial charge in [0.1, 0.15) is 5.82 Å². The normalized spacial score (nSPS) is 11.9. The monoisotopic (exact) mass is 319 g/mol. The smallest absolute Gasteiger partial charge is 0.225 e. The molecule has 0 spiro atoms. The first-order valence-electron chi connectivity index (χ1n) is 6.99. The van der Waals surface area contributed by atoms with E-state index in [4.69, 9.17) is 0 Å². The number of amides is 1. The Morgan fingerprint density at radius 3 is 2.50 bits per heavy atom. The molecule has 0 radical (unpaired) electrons. The van der Waals surface area contributed by atoms with E-state index in [0.29, 0.717) is 17.2 Å². The molecular formula is C17H18FNO2S. The maximum atomic E-state index is 12.8. The summed E-state index contributed by atoms with van der Waals surface area (Å²) in [5.41, 5.74) is 2.68. The van der Waals surface area contributed by atoms with Gasteiger partial charge in [0.25, 0.3) is 0 Å². The Morgan fingerprint density at radius 1 is 1.14 bits per heavy atom. The van der Waals surface area contributed by atoms with Crippen molar-refractivity contribution in [2.75, 3.05) is 11.1 Å². The van der Waals surface area contributed by atoms with Gasteiger partial charge >= 0.3 is 0 Å². The largest absolute Gasteiger partial charge is 0.326 e. The van der Waals surface area contributed by atoms with Crippen molar-refractivity contribution in [3.8, 4) is 0 Å². The molecule has 0 saturated carbocycles. The lowest BCUT2D eigenvalue weighted by Gasteiger charge is -2.07. The zero-order valence-corrected chi connectivity index (χ0v) is 13.2. The second kappa shape index (κ2) is 7.84. The molecule has 0 aliphatic carbocycles. The van der Waals surface area contributed by atoms with E-state index in [-0.39, 0.29) is 18.1 Å². The summed E-state index contributed by atoms with van der Waals surface area (Å²) in [6.07, 6.45) is 0.176. The Hall–Kier alpha value is -2.01. The summed E-state index contributed by atoms with van der Waals surface area (Å²) in [5, 5.41) is 2.66. The lowest BCUT2D eigenvalue weighted by Crippen LogP contribution is -2.15. The predicted octanol–water partition coefficient (Wildman–Crippen LogP) is 3.41. The third-order valence-corrected chi connectivity index (χ3v) is 4.55. The van der Waals surface area contributed by atoms with E-state index in [1.807, 2.05) is 31.2 Å². The zero-order chi connectivity index (χ0) is 15.9. The van der Waals surface area contributed by atoms with Gasteiger partial charge in [0.2, 0.25) is 5.91 Å². The maximum absolute atomic E-state index is 12.8. The van der Waals surface area contributed by atoms with Crippen LogP contribution in [0.2, 0.25) is 0 Å². The molecule has 0 aliphatic rings. The second-order valence-electron chi connectivity index (χ2n) is 5.02. The van der Waals surface area contributed by atoms with Crippen molar-refractivity contribution in [3.05, 3.63) is 65.5 Å². The number of anilines is 1. The molecule has 2 rings (SSSR count). The van der Waals surface area contributed by atoms with Crippen molar-refractivity contribution in [1.82, 2.24) is 0 Å². The topological polar surface area (TPSA) is 46.2 Å². The van der Waals surface area contributed by atoms with Gasteiger partial charge < -0.3 is 5.32 Å². The Balaban J connectivity index is 1.79. The van der Waals surface area contributed by atoms with E-state index in [9.17, 15) is 13.4 Å². The molecule has 22 heavy (non-hydrogen) atoms. The highest BCUT2D eigenvalue weighted by Crippen LogP contribution is 2.11. The van der Waals surface area contributed by atoms with Crippen molar-refractivity contribution < 1.29 is 13.4 Å². The van der Waals surface area contributed by atoms with Crippen molar-refractivity contribution in [2.45, 2.75) is 19.1 Å². The second-order valence-corrected chi connectivity index (χ2v) is 6.60. The van der Waals surface area contributed by atoms with Crippen LogP contribution < -0.4 is 5.32 Å². The molecule has 2 aromatic carbocycles. The first-order valence-corrected chi connectivity index (χ1v) is 8.48. The number of nitrogens with one attached hydrogen (secondary N) is 1. The Kier molecular flexibility index (Phi) is 5.83. The van der Waals surface area contributed by atoms with E-state index < -0.39 is 10.8 Å². The molecule has 116 valence electrons. The highest BCUT2D eigenvalue weighted by Gasteiger charge is 2.08. The Bertz CT molecular complexity index is 671. The van der Waals surface area contributed by atoms with Crippen LogP contribution in [0.4, 0.5) is 10.1 Å². The minimum Gasteiger partial charge on any atom is -0.326 e. The Labute approximate surface area is 132 Å². The lowest BCUT2D eigenvalue weighted by molar-refractivity contribution is -0.115. The fourth-order valence-electron chi connectivity index (χ4n) is 1.98. The van der Waals surface area contributed by atoms with Gasteiger partial charge in [-0.2, -0.15) is 0 Å². The molecule has 1 unspecified atom stereocenters. The fraction of sp³-hybridized carbons (Fsp3) is 0.235. The van der Waals surface area contributed by atoms with E-state index in [1.165, 1.54) is 24.3 Å². The zero-order valence-electron chi connectivity index (χ0n) is 12.3.